The lowest BCUT2D eigenvalue weighted by atomic mass is 10.1. The molecule has 1 atom stereocenters. The summed E-state index contributed by atoms with van der Waals surface area (Å²) in [5, 5.41) is 3.54. The maximum absolute atomic E-state index is 13.7. The molecule has 1 N–H and O–H groups in total. The first-order chi connectivity index (χ1) is 15.9. The molecule has 0 saturated heterocycles. The summed E-state index contributed by atoms with van der Waals surface area (Å²) in [4.78, 5) is 28.0. The fourth-order valence-electron chi connectivity index (χ4n) is 3.59. The number of halogens is 2. The van der Waals surface area contributed by atoms with Gasteiger partial charge in [-0.1, -0.05) is 54.4 Å². The van der Waals surface area contributed by atoms with E-state index in [9.17, 15) is 18.0 Å². The van der Waals surface area contributed by atoms with Crippen LogP contribution in [0.1, 0.15) is 38.3 Å². The molecule has 2 amide bonds. The van der Waals surface area contributed by atoms with Crippen LogP contribution in [0.2, 0.25) is 10.0 Å². The van der Waals surface area contributed by atoms with E-state index in [0.717, 1.165) is 10.6 Å². The molecular formula is C24H31Cl2N3O4S. The summed E-state index contributed by atoms with van der Waals surface area (Å²) < 4.78 is 26.4. The van der Waals surface area contributed by atoms with E-state index in [2.05, 4.69) is 5.32 Å². The second-order valence-corrected chi connectivity index (χ2v) is 11.1. The summed E-state index contributed by atoms with van der Waals surface area (Å²) in [6, 6.07) is 10.9. The maximum Gasteiger partial charge on any atom is 0.244 e. The number of hydrogen-bond donors (Lipinski definition) is 1. The van der Waals surface area contributed by atoms with Gasteiger partial charge in [0.15, 0.2) is 0 Å². The highest BCUT2D eigenvalue weighted by Gasteiger charge is 2.33. The highest BCUT2D eigenvalue weighted by atomic mass is 35.5. The minimum Gasteiger partial charge on any atom is -0.352 e. The lowest BCUT2D eigenvalue weighted by molar-refractivity contribution is -0.140. The number of nitrogens with zero attached hydrogens (tertiary/aromatic N) is 2. The first-order valence-electron chi connectivity index (χ1n) is 10.9. The van der Waals surface area contributed by atoms with Gasteiger partial charge in [0.2, 0.25) is 21.8 Å². The summed E-state index contributed by atoms with van der Waals surface area (Å²) >= 11 is 12.7. The highest BCUT2D eigenvalue weighted by Crippen LogP contribution is 2.28. The number of carbonyl (C=O) groups excluding carboxylic acids is 2. The van der Waals surface area contributed by atoms with Crippen LogP contribution < -0.4 is 9.62 Å². The van der Waals surface area contributed by atoms with E-state index in [0.29, 0.717) is 33.3 Å². The van der Waals surface area contributed by atoms with E-state index < -0.39 is 28.5 Å². The fraction of sp³-hybridized carbons (Fsp3) is 0.417. The van der Waals surface area contributed by atoms with Crippen molar-refractivity contribution in [1.82, 2.24) is 10.2 Å². The van der Waals surface area contributed by atoms with E-state index in [1.54, 1.807) is 56.3 Å². The van der Waals surface area contributed by atoms with E-state index >= 15 is 0 Å². The van der Waals surface area contributed by atoms with Gasteiger partial charge >= 0.3 is 0 Å². The predicted octanol–water partition coefficient (Wildman–Crippen LogP) is 4.40. The van der Waals surface area contributed by atoms with Crippen molar-refractivity contribution >= 4 is 50.7 Å². The fourth-order valence-corrected chi connectivity index (χ4v) is 5.02. The van der Waals surface area contributed by atoms with E-state index in [-0.39, 0.29) is 18.5 Å². The van der Waals surface area contributed by atoms with Gasteiger partial charge < -0.3 is 10.2 Å². The van der Waals surface area contributed by atoms with Crippen molar-refractivity contribution in [1.29, 1.82) is 0 Å². The first kappa shape index (κ1) is 28.0. The molecule has 0 spiro atoms. The van der Waals surface area contributed by atoms with Gasteiger partial charge in [-0.05, 0) is 51.0 Å². The second kappa shape index (κ2) is 11.9. The molecule has 0 radical (unpaired) electrons. The zero-order valence-electron chi connectivity index (χ0n) is 20.0. The predicted molar refractivity (Wildman–Crippen MR) is 138 cm³/mol. The Morgan fingerprint density at radius 2 is 1.62 bits per heavy atom. The number of rotatable bonds is 10. The molecule has 0 saturated carbocycles. The average molecular weight is 529 g/mol. The Labute approximate surface area is 212 Å². The number of carbonyl (C=O) groups is 2. The van der Waals surface area contributed by atoms with Gasteiger partial charge in [0.1, 0.15) is 12.6 Å². The van der Waals surface area contributed by atoms with Gasteiger partial charge in [-0.15, -0.1) is 0 Å². The quantitative estimate of drug-likeness (QED) is 0.495. The van der Waals surface area contributed by atoms with Crippen molar-refractivity contribution in [3.05, 3.63) is 63.6 Å². The maximum atomic E-state index is 13.7. The van der Waals surface area contributed by atoms with Gasteiger partial charge in [-0.25, -0.2) is 8.42 Å². The normalized spacial score (nSPS) is 12.4. The summed E-state index contributed by atoms with van der Waals surface area (Å²) in [6.07, 6.45) is 1.36. The van der Waals surface area contributed by atoms with Crippen molar-refractivity contribution in [2.45, 2.75) is 52.7 Å². The van der Waals surface area contributed by atoms with Crippen molar-refractivity contribution in [3.63, 3.8) is 0 Å². The molecule has 10 heteroatoms. The van der Waals surface area contributed by atoms with Crippen LogP contribution in [0.15, 0.2) is 42.5 Å². The Morgan fingerprint density at radius 1 is 1.03 bits per heavy atom. The molecule has 7 nitrogen and oxygen atoms in total. The molecular weight excluding hydrogens is 497 g/mol. The van der Waals surface area contributed by atoms with Crippen LogP contribution in [0.4, 0.5) is 5.69 Å². The summed E-state index contributed by atoms with van der Waals surface area (Å²) in [7, 11) is -3.80. The molecule has 0 unspecified atom stereocenters. The Balaban J connectivity index is 2.52. The molecule has 2 rings (SSSR count). The van der Waals surface area contributed by atoms with Crippen LogP contribution >= 0.6 is 23.2 Å². The Hall–Kier alpha value is -2.29. The summed E-state index contributed by atoms with van der Waals surface area (Å²) in [6.45, 7) is 6.68. The van der Waals surface area contributed by atoms with Crippen LogP contribution in [-0.2, 0) is 26.2 Å². The molecule has 0 aliphatic heterocycles. The lowest BCUT2D eigenvalue weighted by Crippen LogP contribution is -2.53. The highest BCUT2D eigenvalue weighted by molar-refractivity contribution is 7.92. The zero-order valence-corrected chi connectivity index (χ0v) is 22.3. The molecule has 0 aromatic heterocycles. The molecule has 0 aliphatic carbocycles. The topological polar surface area (TPSA) is 86.8 Å². The Kier molecular flexibility index (Phi) is 9.79. The minimum atomic E-state index is -3.80. The first-order valence-corrected chi connectivity index (χ1v) is 13.5. The van der Waals surface area contributed by atoms with E-state index in [1.807, 2.05) is 13.8 Å². The number of hydrogen-bond acceptors (Lipinski definition) is 4. The largest absolute Gasteiger partial charge is 0.352 e. The van der Waals surface area contributed by atoms with Crippen LogP contribution in [0.5, 0.6) is 0 Å². The number of amides is 2. The smallest absolute Gasteiger partial charge is 0.244 e. The number of benzene rings is 2. The Morgan fingerprint density at radius 3 is 2.12 bits per heavy atom. The number of aryl methyl sites for hydroxylation is 1. The number of anilines is 1. The molecule has 2 aromatic rings. The van der Waals surface area contributed by atoms with Gasteiger partial charge in [0.05, 0.1) is 11.9 Å². The molecule has 186 valence electrons. The molecule has 0 bridgehead atoms. The lowest BCUT2D eigenvalue weighted by Gasteiger charge is -2.33. The number of nitrogens with one attached hydrogen (secondary N) is 1. The molecule has 2 aromatic carbocycles. The molecule has 0 fully saturated rings. The molecule has 34 heavy (non-hydrogen) atoms. The van der Waals surface area contributed by atoms with Crippen molar-refractivity contribution in [2.75, 3.05) is 17.1 Å². The van der Waals surface area contributed by atoms with Crippen LogP contribution in [-0.4, -0.2) is 50.0 Å². The van der Waals surface area contributed by atoms with Crippen LogP contribution in [0.25, 0.3) is 0 Å². The monoisotopic (exact) mass is 527 g/mol. The Bertz CT molecular complexity index is 1120. The summed E-state index contributed by atoms with van der Waals surface area (Å²) in [5.41, 5.74) is 1.58. The van der Waals surface area contributed by atoms with Crippen molar-refractivity contribution in [3.8, 4) is 0 Å². The second-order valence-electron chi connectivity index (χ2n) is 8.37. The minimum absolute atomic E-state index is 0.0489. The third-order valence-corrected chi connectivity index (χ3v) is 7.11. The number of para-hydroxylation sites is 1. The van der Waals surface area contributed by atoms with Gasteiger partial charge in [-0.2, -0.15) is 0 Å². The standard InChI is InChI=1S/C24H31Cl2N3O4S/c1-6-21(24(31)27-16(2)3)28(14-18-19(25)11-9-12-20(18)26)23(30)15-29(34(5,32)33)22-13-8-7-10-17(22)4/h7-13,16,21H,6,14-15H2,1-5H3,(H,27,31)/t21-/m0/s1. The van der Waals surface area contributed by atoms with Gasteiger partial charge in [0, 0.05) is 28.2 Å². The zero-order chi connectivity index (χ0) is 25.6. The number of sulfonamides is 1. The van der Waals surface area contributed by atoms with Crippen molar-refractivity contribution in [2.24, 2.45) is 0 Å². The molecule has 0 aliphatic rings. The third-order valence-electron chi connectivity index (χ3n) is 5.27. The van der Waals surface area contributed by atoms with Crippen molar-refractivity contribution < 1.29 is 18.0 Å². The average Bonchev–Trinajstić information content (AvgIpc) is 2.73. The third kappa shape index (κ3) is 7.10. The van der Waals surface area contributed by atoms with E-state index in [4.69, 9.17) is 23.2 Å². The van der Waals surface area contributed by atoms with Crippen LogP contribution in [0.3, 0.4) is 0 Å². The van der Waals surface area contributed by atoms with Gasteiger partial charge in [-0.3, -0.25) is 13.9 Å². The summed E-state index contributed by atoms with van der Waals surface area (Å²) in [5.74, 6) is -0.883. The van der Waals surface area contributed by atoms with Gasteiger partial charge in [0.25, 0.3) is 0 Å². The van der Waals surface area contributed by atoms with Crippen LogP contribution in [0, 0.1) is 6.92 Å². The SMILES string of the molecule is CC[C@@H](C(=O)NC(C)C)N(Cc1c(Cl)cccc1Cl)C(=O)CN(c1ccccc1C)S(C)(=O)=O. The molecule has 0 heterocycles. The van der Waals surface area contributed by atoms with E-state index in [1.165, 1.54) is 4.90 Å².